The van der Waals surface area contributed by atoms with E-state index in [9.17, 15) is 9.59 Å². The van der Waals surface area contributed by atoms with Gasteiger partial charge >= 0.3 is 6.03 Å². The average molecular weight is 357 g/mol. The van der Waals surface area contributed by atoms with Crippen LogP contribution in [-0.2, 0) is 11.3 Å². The number of rotatable bonds is 8. The first-order valence-corrected chi connectivity index (χ1v) is 7.93. The van der Waals surface area contributed by atoms with E-state index in [0.29, 0.717) is 19.6 Å². The van der Waals surface area contributed by atoms with E-state index >= 15 is 0 Å². The van der Waals surface area contributed by atoms with Crippen LogP contribution >= 0.6 is 12.4 Å². The van der Waals surface area contributed by atoms with E-state index < -0.39 is 6.04 Å². The number of carbonyl (C=O) groups excluding carboxylic acids is 2. The summed E-state index contributed by atoms with van der Waals surface area (Å²) in [6.45, 7) is 5.60. The molecule has 1 aromatic carbocycles. The van der Waals surface area contributed by atoms with Crippen LogP contribution in [0.5, 0.6) is 0 Å². The van der Waals surface area contributed by atoms with Gasteiger partial charge in [0.05, 0.1) is 0 Å². The summed E-state index contributed by atoms with van der Waals surface area (Å²) in [5.41, 5.74) is 1.02. The number of halogens is 1. The van der Waals surface area contributed by atoms with E-state index in [1.807, 2.05) is 51.2 Å². The maximum Gasteiger partial charge on any atom is 0.315 e. The fourth-order valence-electron chi connectivity index (χ4n) is 2.11. The van der Waals surface area contributed by atoms with Gasteiger partial charge in [-0.1, -0.05) is 44.2 Å². The van der Waals surface area contributed by atoms with Crippen molar-refractivity contribution in [2.75, 3.05) is 27.2 Å². The number of urea groups is 1. The molecule has 6 nitrogen and oxygen atoms in total. The zero-order chi connectivity index (χ0) is 17.2. The smallest absolute Gasteiger partial charge is 0.315 e. The quantitative estimate of drug-likeness (QED) is 0.662. The van der Waals surface area contributed by atoms with Gasteiger partial charge in [-0.2, -0.15) is 0 Å². The first-order valence-electron chi connectivity index (χ1n) is 7.93. The molecule has 0 aliphatic heterocycles. The van der Waals surface area contributed by atoms with Crippen LogP contribution in [-0.4, -0.2) is 50.1 Å². The van der Waals surface area contributed by atoms with E-state index in [1.165, 1.54) is 0 Å². The normalized spacial score (nSPS) is 11.4. The Bertz CT molecular complexity index is 497. The minimum Gasteiger partial charge on any atom is -0.343 e. The molecule has 0 saturated heterocycles. The highest BCUT2D eigenvalue weighted by atomic mass is 35.5. The van der Waals surface area contributed by atoms with Crippen LogP contribution < -0.4 is 16.0 Å². The fourth-order valence-corrected chi connectivity index (χ4v) is 2.11. The Balaban J connectivity index is 0.00000529. The van der Waals surface area contributed by atoms with E-state index in [-0.39, 0.29) is 30.3 Å². The number of amides is 3. The molecule has 0 spiro atoms. The van der Waals surface area contributed by atoms with Crippen molar-refractivity contribution in [1.82, 2.24) is 20.9 Å². The number of hydrogen-bond acceptors (Lipinski definition) is 3. The molecule has 1 rings (SSSR count). The van der Waals surface area contributed by atoms with Crippen LogP contribution in [0.4, 0.5) is 4.79 Å². The lowest BCUT2D eigenvalue weighted by molar-refractivity contribution is -0.132. The first-order chi connectivity index (χ1) is 11.0. The first kappa shape index (κ1) is 22.2. The van der Waals surface area contributed by atoms with Crippen molar-refractivity contribution in [3.63, 3.8) is 0 Å². The van der Waals surface area contributed by atoms with Gasteiger partial charge < -0.3 is 20.9 Å². The third-order valence-corrected chi connectivity index (χ3v) is 3.59. The number of hydrogen-bond donors (Lipinski definition) is 3. The largest absolute Gasteiger partial charge is 0.343 e. The van der Waals surface area contributed by atoms with Crippen LogP contribution in [0.2, 0.25) is 0 Å². The van der Waals surface area contributed by atoms with Crippen LogP contribution in [0.15, 0.2) is 30.3 Å². The van der Waals surface area contributed by atoms with Gasteiger partial charge in [0, 0.05) is 26.7 Å². The third-order valence-electron chi connectivity index (χ3n) is 3.59. The Hall–Kier alpha value is -1.79. The molecule has 136 valence electrons. The number of nitrogens with zero attached hydrogens (tertiary/aromatic N) is 1. The Morgan fingerprint density at radius 2 is 1.79 bits per heavy atom. The summed E-state index contributed by atoms with van der Waals surface area (Å²) in [6, 6.07) is 8.79. The van der Waals surface area contributed by atoms with Crippen LogP contribution in [0.1, 0.15) is 19.4 Å². The van der Waals surface area contributed by atoms with Crippen molar-refractivity contribution in [1.29, 1.82) is 0 Å². The van der Waals surface area contributed by atoms with Crippen LogP contribution in [0.3, 0.4) is 0 Å². The van der Waals surface area contributed by atoms with E-state index in [0.717, 1.165) is 5.56 Å². The monoisotopic (exact) mass is 356 g/mol. The highest BCUT2D eigenvalue weighted by molar-refractivity contribution is 5.87. The van der Waals surface area contributed by atoms with E-state index in [4.69, 9.17) is 0 Å². The Morgan fingerprint density at radius 3 is 2.33 bits per heavy atom. The summed E-state index contributed by atoms with van der Waals surface area (Å²) >= 11 is 0. The fraction of sp³-hybridized carbons (Fsp3) is 0.529. The molecule has 3 N–H and O–H groups in total. The van der Waals surface area contributed by atoms with E-state index in [2.05, 4.69) is 16.0 Å². The van der Waals surface area contributed by atoms with Crippen molar-refractivity contribution in [2.45, 2.75) is 26.4 Å². The van der Waals surface area contributed by atoms with Gasteiger partial charge in [-0.15, -0.1) is 12.4 Å². The summed E-state index contributed by atoms with van der Waals surface area (Å²) < 4.78 is 0. The lowest BCUT2D eigenvalue weighted by atomic mass is 10.0. The summed E-state index contributed by atoms with van der Waals surface area (Å²) in [4.78, 5) is 26.2. The molecule has 0 saturated carbocycles. The highest BCUT2D eigenvalue weighted by Crippen LogP contribution is 2.05. The SMILES string of the molecule is CNCCN(C)C(=O)C(NC(=O)NCc1ccccc1)C(C)C.Cl. The molecule has 0 fully saturated rings. The Morgan fingerprint density at radius 1 is 1.17 bits per heavy atom. The predicted octanol–water partition coefficient (Wildman–Crippen LogP) is 1.61. The molecule has 0 radical (unpaired) electrons. The Kier molecular flexibility index (Phi) is 10.8. The van der Waals surface area contributed by atoms with Crippen molar-refractivity contribution < 1.29 is 9.59 Å². The molecule has 0 aliphatic rings. The topological polar surface area (TPSA) is 73.5 Å². The molecule has 1 atom stereocenters. The molecular weight excluding hydrogens is 328 g/mol. The summed E-state index contributed by atoms with van der Waals surface area (Å²) in [6.07, 6.45) is 0. The standard InChI is InChI=1S/C17H28N4O2.ClH/c1-13(2)15(16(22)21(4)11-10-18-3)20-17(23)19-12-14-8-6-5-7-9-14;/h5-9,13,15,18H,10-12H2,1-4H3,(H2,19,20,23);1H. The van der Waals surface area contributed by atoms with Gasteiger partial charge in [0.1, 0.15) is 6.04 Å². The third kappa shape index (κ3) is 7.66. The van der Waals surface area contributed by atoms with Gasteiger partial charge in [0.25, 0.3) is 0 Å². The van der Waals surface area contributed by atoms with Crippen molar-refractivity contribution in [2.24, 2.45) is 5.92 Å². The van der Waals surface area contributed by atoms with E-state index in [1.54, 1.807) is 11.9 Å². The molecular formula is C17H29ClN4O2. The number of benzene rings is 1. The molecule has 1 aromatic rings. The molecule has 1 unspecified atom stereocenters. The second-order valence-electron chi connectivity index (χ2n) is 5.90. The second kappa shape index (κ2) is 11.7. The number of likely N-dealkylation sites (N-methyl/N-ethyl adjacent to an activating group) is 2. The van der Waals surface area contributed by atoms with Crippen molar-refractivity contribution in [3.8, 4) is 0 Å². The minimum atomic E-state index is -0.535. The van der Waals surface area contributed by atoms with Gasteiger partial charge in [0.15, 0.2) is 0 Å². The average Bonchev–Trinajstić information content (AvgIpc) is 2.55. The van der Waals surface area contributed by atoms with Crippen molar-refractivity contribution in [3.05, 3.63) is 35.9 Å². The maximum atomic E-state index is 12.5. The molecule has 0 aromatic heterocycles. The minimum absolute atomic E-state index is 0. The Labute approximate surface area is 150 Å². The van der Waals surface area contributed by atoms with Crippen LogP contribution in [0.25, 0.3) is 0 Å². The number of nitrogens with one attached hydrogen (secondary N) is 3. The lowest BCUT2D eigenvalue weighted by Crippen LogP contribution is -2.53. The summed E-state index contributed by atoms with van der Waals surface area (Å²) in [7, 11) is 3.59. The number of carbonyl (C=O) groups is 2. The van der Waals surface area contributed by atoms with Gasteiger partial charge in [-0.25, -0.2) is 4.79 Å². The summed E-state index contributed by atoms with van der Waals surface area (Å²) in [5.74, 6) is -0.0628. The molecule has 3 amide bonds. The summed E-state index contributed by atoms with van der Waals surface area (Å²) in [5, 5.41) is 8.58. The molecule has 0 heterocycles. The molecule has 24 heavy (non-hydrogen) atoms. The molecule has 0 bridgehead atoms. The van der Waals surface area contributed by atoms with Gasteiger partial charge in [-0.3, -0.25) is 4.79 Å². The van der Waals surface area contributed by atoms with Gasteiger partial charge in [0.2, 0.25) is 5.91 Å². The van der Waals surface area contributed by atoms with Gasteiger partial charge in [-0.05, 0) is 18.5 Å². The molecule has 0 aliphatic carbocycles. The molecule has 7 heteroatoms. The van der Waals surface area contributed by atoms with Crippen molar-refractivity contribution >= 4 is 24.3 Å². The zero-order valence-corrected chi connectivity index (χ0v) is 15.7. The maximum absolute atomic E-state index is 12.5. The second-order valence-corrected chi connectivity index (χ2v) is 5.90. The predicted molar refractivity (Wildman–Crippen MR) is 99.3 cm³/mol. The highest BCUT2D eigenvalue weighted by Gasteiger charge is 2.26. The zero-order valence-electron chi connectivity index (χ0n) is 14.8. The van der Waals surface area contributed by atoms with Crippen LogP contribution in [0, 0.1) is 5.92 Å². The lowest BCUT2D eigenvalue weighted by Gasteiger charge is -2.27.